The van der Waals surface area contributed by atoms with Gasteiger partial charge in [0.15, 0.2) is 6.20 Å². The van der Waals surface area contributed by atoms with Crippen molar-refractivity contribution in [2.24, 2.45) is 7.05 Å². The first kappa shape index (κ1) is 10.9. The molecule has 0 amide bonds. The molecule has 2 aromatic heterocycles. The molecule has 0 aliphatic heterocycles. The third-order valence-electron chi connectivity index (χ3n) is 3.18. The maximum atomic E-state index is 4.14. The van der Waals surface area contributed by atoms with Crippen LogP contribution in [-0.4, -0.2) is 10.2 Å². The summed E-state index contributed by atoms with van der Waals surface area (Å²) in [6.45, 7) is 6.45. The Morgan fingerprint density at radius 1 is 1.38 bits per heavy atom. The van der Waals surface area contributed by atoms with Crippen molar-refractivity contribution >= 4 is 0 Å². The second-order valence-electron chi connectivity index (χ2n) is 4.21. The SMILES string of the molecule is CCc1cn[nH]c1-c1c(C)c(C)cc[n+]1C. The number of aromatic amines is 1. The van der Waals surface area contributed by atoms with E-state index in [9.17, 15) is 0 Å². The molecule has 0 saturated carbocycles. The van der Waals surface area contributed by atoms with Crippen molar-refractivity contribution < 1.29 is 4.57 Å². The van der Waals surface area contributed by atoms with Crippen molar-refractivity contribution in [3.8, 4) is 11.4 Å². The third-order valence-corrected chi connectivity index (χ3v) is 3.18. The van der Waals surface area contributed by atoms with Gasteiger partial charge in [-0.3, -0.25) is 5.10 Å². The van der Waals surface area contributed by atoms with E-state index in [1.807, 2.05) is 6.20 Å². The van der Waals surface area contributed by atoms with Gasteiger partial charge in [0.25, 0.3) is 0 Å². The van der Waals surface area contributed by atoms with Crippen molar-refractivity contribution in [3.05, 3.63) is 35.2 Å². The highest BCUT2D eigenvalue weighted by atomic mass is 15.1. The number of nitrogens with one attached hydrogen (secondary N) is 1. The van der Waals surface area contributed by atoms with Gasteiger partial charge < -0.3 is 0 Å². The fourth-order valence-corrected chi connectivity index (χ4v) is 2.02. The number of aromatic nitrogens is 3. The molecule has 0 radical (unpaired) electrons. The zero-order chi connectivity index (χ0) is 11.7. The summed E-state index contributed by atoms with van der Waals surface area (Å²) in [5.41, 5.74) is 6.26. The van der Waals surface area contributed by atoms with E-state index in [2.05, 4.69) is 54.8 Å². The third kappa shape index (κ3) is 1.62. The topological polar surface area (TPSA) is 32.6 Å². The van der Waals surface area contributed by atoms with E-state index < -0.39 is 0 Å². The molecule has 16 heavy (non-hydrogen) atoms. The summed E-state index contributed by atoms with van der Waals surface area (Å²) in [5.74, 6) is 0. The van der Waals surface area contributed by atoms with Gasteiger partial charge in [-0.05, 0) is 25.8 Å². The van der Waals surface area contributed by atoms with Crippen LogP contribution in [0.15, 0.2) is 18.5 Å². The van der Waals surface area contributed by atoms with Gasteiger partial charge in [-0.25, -0.2) is 0 Å². The Morgan fingerprint density at radius 3 is 2.81 bits per heavy atom. The minimum Gasteiger partial charge on any atom is -0.272 e. The van der Waals surface area contributed by atoms with Crippen LogP contribution in [0.3, 0.4) is 0 Å². The lowest BCUT2D eigenvalue weighted by atomic mass is 10.0. The Kier molecular flexibility index (Phi) is 2.77. The normalized spacial score (nSPS) is 10.8. The smallest absolute Gasteiger partial charge is 0.233 e. The predicted octanol–water partition coefficient (Wildman–Crippen LogP) is 2.08. The molecule has 0 bridgehead atoms. The fraction of sp³-hybridized carbons (Fsp3) is 0.385. The molecule has 0 unspecified atom stereocenters. The first-order valence-electron chi connectivity index (χ1n) is 5.63. The van der Waals surface area contributed by atoms with Crippen LogP contribution in [0, 0.1) is 13.8 Å². The minimum atomic E-state index is 0.999. The van der Waals surface area contributed by atoms with Crippen LogP contribution in [0.4, 0.5) is 0 Å². The summed E-state index contributed by atoms with van der Waals surface area (Å²) in [6.07, 6.45) is 5.01. The average Bonchev–Trinajstić information content (AvgIpc) is 2.72. The molecule has 0 atom stereocenters. The van der Waals surface area contributed by atoms with Crippen LogP contribution in [0.5, 0.6) is 0 Å². The Bertz CT molecular complexity index is 512. The van der Waals surface area contributed by atoms with Gasteiger partial charge in [-0.15, -0.1) is 0 Å². The van der Waals surface area contributed by atoms with Gasteiger partial charge in [0.2, 0.25) is 5.69 Å². The quantitative estimate of drug-likeness (QED) is 0.766. The highest BCUT2D eigenvalue weighted by Gasteiger charge is 2.19. The van der Waals surface area contributed by atoms with Crippen LogP contribution < -0.4 is 4.57 Å². The molecule has 1 N–H and O–H groups in total. The maximum Gasteiger partial charge on any atom is 0.233 e. The van der Waals surface area contributed by atoms with Crippen molar-refractivity contribution in [2.75, 3.05) is 0 Å². The Morgan fingerprint density at radius 2 is 2.12 bits per heavy atom. The average molecular weight is 216 g/mol. The molecule has 3 nitrogen and oxygen atoms in total. The molecule has 2 aromatic rings. The first-order valence-corrected chi connectivity index (χ1v) is 5.63. The van der Waals surface area contributed by atoms with Crippen LogP contribution in [0.25, 0.3) is 11.4 Å². The lowest BCUT2D eigenvalue weighted by Gasteiger charge is -2.05. The molecule has 3 heteroatoms. The summed E-state index contributed by atoms with van der Waals surface area (Å²) >= 11 is 0. The molecule has 2 heterocycles. The van der Waals surface area contributed by atoms with Crippen molar-refractivity contribution in [1.82, 2.24) is 10.2 Å². The summed E-state index contributed by atoms with van der Waals surface area (Å²) in [4.78, 5) is 0. The molecule has 2 rings (SSSR count). The van der Waals surface area contributed by atoms with Gasteiger partial charge in [0.05, 0.1) is 6.20 Å². The molecule has 0 aliphatic rings. The Labute approximate surface area is 96.1 Å². The second-order valence-corrected chi connectivity index (χ2v) is 4.21. The number of nitrogens with zero attached hydrogens (tertiary/aromatic N) is 2. The monoisotopic (exact) mass is 216 g/mol. The van der Waals surface area contributed by atoms with E-state index in [1.165, 1.54) is 22.4 Å². The molecule has 0 aliphatic carbocycles. The molecular formula is C13H18N3+. The van der Waals surface area contributed by atoms with Gasteiger partial charge >= 0.3 is 0 Å². The van der Waals surface area contributed by atoms with E-state index in [1.54, 1.807) is 0 Å². The Hall–Kier alpha value is -1.64. The van der Waals surface area contributed by atoms with E-state index in [0.29, 0.717) is 0 Å². The molecular weight excluding hydrogens is 198 g/mol. The Balaban J connectivity index is 2.68. The van der Waals surface area contributed by atoms with Crippen molar-refractivity contribution in [1.29, 1.82) is 0 Å². The molecule has 0 spiro atoms. The van der Waals surface area contributed by atoms with E-state index >= 15 is 0 Å². The molecule has 0 saturated heterocycles. The van der Waals surface area contributed by atoms with E-state index in [-0.39, 0.29) is 0 Å². The number of H-pyrrole nitrogens is 1. The zero-order valence-corrected chi connectivity index (χ0v) is 10.3. The number of hydrogen-bond donors (Lipinski definition) is 1. The lowest BCUT2D eigenvalue weighted by molar-refractivity contribution is -0.660. The van der Waals surface area contributed by atoms with Crippen molar-refractivity contribution in [3.63, 3.8) is 0 Å². The standard InChI is InChI=1S/C13H17N3/c1-5-11-8-14-15-12(11)13-10(3)9(2)6-7-16(13)4/h6-8H,5H2,1-4H3/p+1. The van der Waals surface area contributed by atoms with Crippen LogP contribution in [0.1, 0.15) is 23.6 Å². The zero-order valence-electron chi connectivity index (χ0n) is 10.3. The van der Waals surface area contributed by atoms with E-state index in [0.717, 1.165) is 12.1 Å². The van der Waals surface area contributed by atoms with Gasteiger partial charge in [0, 0.05) is 17.2 Å². The number of pyridine rings is 1. The summed E-state index contributed by atoms with van der Waals surface area (Å²) in [7, 11) is 2.07. The van der Waals surface area contributed by atoms with Crippen LogP contribution >= 0.6 is 0 Å². The summed E-state index contributed by atoms with van der Waals surface area (Å²) in [6, 6.07) is 2.14. The molecule has 84 valence electrons. The number of rotatable bonds is 2. The number of hydrogen-bond acceptors (Lipinski definition) is 1. The van der Waals surface area contributed by atoms with Gasteiger partial charge in [-0.1, -0.05) is 6.92 Å². The highest BCUT2D eigenvalue weighted by Crippen LogP contribution is 2.23. The first-order chi connectivity index (χ1) is 7.65. The maximum absolute atomic E-state index is 4.14. The number of aryl methyl sites for hydroxylation is 3. The summed E-state index contributed by atoms with van der Waals surface area (Å²) in [5, 5.41) is 7.25. The highest BCUT2D eigenvalue weighted by molar-refractivity contribution is 5.60. The fourth-order valence-electron chi connectivity index (χ4n) is 2.02. The summed E-state index contributed by atoms with van der Waals surface area (Å²) < 4.78 is 2.15. The molecule has 0 aromatic carbocycles. The largest absolute Gasteiger partial charge is 0.272 e. The van der Waals surface area contributed by atoms with Gasteiger partial charge in [0.1, 0.15) is 12.7 Å². The minimum absolute atomic E-state index is 0.999. The van der Waals surface area contributed by atoms with Crippen molar-refractivity contribution in [2.45, 2.75) is 27.2 Å². The van der Waals surface area contributed by atoms with Crippen LogP contribution in [0.2, 0.25) is 0 Å². The molecule has 0 fully saturated rings. The lowest BCUT2D eigenvalue weighted by Crippen LogP contribution is -2.32. The van der Waals surface area contributed by atoms with Crippen LogP contribution in [-0.2, 0) is 13.5 Å². The van der Waals surface area contributed by atoms with Gasteiger partial charge in [-0.2, -0.15) is 9.67 Å². The second kappa shape index (κ2) is 4.08. The predicted molar refractivity (Wildman–Crippen MR) is 64.1 cm³/mol. The van der Waals surface area contributed by atoms with E-state index in [4.69, 9.17) is 0 Å².